The minimum Gasteiger partial charge on any atom is -0.496 e. The fraction of sp³-hybridized carbons (Fsp3) is 0.381. The van der Waals surface area contributed by atoms with E-state index < -0.39 is 0 Å². The highest BCUT2D eigenvalue weighted by Crippen LogP contribution is 2.28. The average molecular weight is 352 g/mol. The van der Waals surface area contributed by atoms with E-state index in [2.05, 4.69) is 57.8 Å². The van der Waals surface area contributed by atoms with E-state index in [1.54, 1.807) is 14.2 Å². The van der Waals surface area contributed by atoms with E-state index in [-0.39, 0.29) is 0 Å². The van der Waals surface area contributed by atoms with Gasteiger partial charge in [-0.3, -0.25) is 4.99 Å². The Kier molecular flexibility index (Phi) is 6.00. The zero-order valence-electron chi connectivity index (χ0n) is 15.8. The third-order valence-corrected chi connectivity index (χ3v) is 4.88. The minimum atomic E-state index is 0.392. The number of ether oxygens (including phenoxy) is 1. The molecule has 5 heteroatoms. The van der Waals surface area contributed by atoms with Gasteiger partial charge >= 0.3 is 0 Å². The first-order chi connectivity index (χ1) is 12.7. The fourth-order valence-corrected chi connectivity index (χ4v) is 3.42. The largest absolute Gasteiger partial charge is 0.496 e. The number of guanidine groups is 1. The van der Waals surface area contributed by atoms with Crippen LogP contribution in [0.3, 0.4) is 0 Å². The summed E-state index contributed by atoms with van der Waals surface area (Å²) in [7, 11) is 3.49. The fourth-order valence-electron chi connectivity index (χ4n) is 3.42. The number of methoxy groups -OCH3 is 1. The molecule has 2 aromatic rings. The highest BCUT2D eigenvalue weighted by Gasteiger charge is 2.22. The molecule has 1 aliphatic rings. The van der Waals surface area contributed by atoms with Gasteiger partial charge in [-0.05, 0) is 31.0 Å². The Morgan fingerprint density at radius 1 is 1.15 bits per heavy atom. The lowest BCUT2D eigenvalue weighted by Gasteiger charge is -2.28. The molecule has 1 unspecified atom stereocenters. The van der Waals surface area contributed by atoms with Crippen molar-refractivity contribution in [2.24, 2.45) is 4.99 Å². The van der Waals surface area contributed by atoms with E-state index >= 15 is 0 Å². The zero-order valence-corrected chi connectivity index (χ0v) is 15.8. The molecule has 0 aromatic heterocycles. The lowest BCUT2D eigenvalue weighted by Crippen LogP contribution is -2.45. The van der Waals surface area contributed by atoms with E-state index in [4.69, 9.17) is 4.74 Å². The lowest BCUT2D eigenvalue weighted by molar-refractivity contribution is 0.409. The Morgan fingerprint density at radius 3 is 2.73 bits per heavy atom. The number of fused-ring (bicyclic) bond motifs is 1. The van der Waals surface area contributed by atoms with E-state index in [1.165, 1.54) is 11.3 Å². The summed E-state index contributed by atoms with van der Waals surface area (Å²) in [4.78, 5) is 6.80. The maximum Gasteiger partial charge on any atom is 0.191 e. The van der Waals surface area contributed by atoms with Crippen LogP contribution in [0, 0.1) is 0 Å². The van der Waals surface area contributed by atoms with Crippen LogP contribution in [0.25, 0.3) is 0 Å². The molecule has 0 saturated carbocycles. The summed E-state index contributed by atoms with van der Waals surface area (Å²) in [6.07, 6.45) is 1.13. The smallest absolute Gasteiger partial charge is 0.191 e. The van der Waals surface area contributed by atoms with E-state index in [0.717, 1.165) is 36.8 Å². The predicted molar refractivity (Wildman–Crippen MR) is 108 cm³/mol. The maximum atomic E-state index is 5.40. The standard InChI is InChI=1S/C21H28N4O/c1-16(25-13-12-17-8-4-6-10-19(17)25)14-23-21(22-2)24-15-18-9-5-7-11-20(18)26-3/h4-11,16H,12-15H2,1-3H3,(H2,22,23,24). The zero-order chi connectivity index (χ0) is 18.4. The minimum absolute atomic E-state index is 0.392. The van der Waals surface area contributed by atoms with Gasteiger partial charge in [0.05, 0.1) is 7.11 Å². The molecular weight excluding hydrogens is 324 g/mol. The maximum absolute atomic E-state index is 5.40. The second-order valence-corrected chi connectivity index (χ2v) is 6.54. The van der Waals surface area contributed by atoms with Crippen LogP contribution in [0.15, 0.2) is 53.5 Å². The van der Waals surface area contributed by atoms with E-state index in [0.29, 0.717) is 12.6 Å². The van der Waals surface area contributed by atoms with E-state index in [1.807, 2.05) is 18.2 Å². The molecule has 0 radical (unpaired) electrons. The number of rotatable bonds is 6. The van der Waals surface area contributed by atoms with Gasteiger partial charge in [0.15, 0.2) is 5.96 Å². The quantitative estimate of drug-likeness (QED) is 0.620. The SMILES string of the molecule is CN=C(NCc1ccccc1OC)NCC(C)N1CCc2ccccc21. The number of benzene rings is 2. The average Bonchev–Trinajstić information content (AvgIpc) is 3.12. The molecular formula is C21H28N4O. The molecule has 138 valence electrons. The summed E-state index contributed by atoms with van der Waals surface area (Å²) in [6, 6.07) is 17.1. The Morgan fingerprint density at radius 2 is 1.92 bits per heavy atom. The van der Waals surface area contributed by atoms with Crippen LogP contribution >= 0.6 is 0 Å². The summed E-state index contributed by atoms with van der Waals surface area (Å²) in [5.74, 6) is 1.69. The van der Waals surface area contributed by atoms with Crippen molar-refractivity contribution < 1.29 is 4.74 Å². The van der Waals surface area contributed by atoms with Gasteiger partial charge in [-0.25, -0.2) is 0 Å². The third kappa shape index (κ3) is 4.10. The molecule has 0 aliphatic carbocycles. The number of hydrogen-bond donors (Lipinski definition) is 2. The summed E-state index contributed by atoms with van der Waals surface area (Å²) in [5, 5.41) is 6.81. The number of nitrogens with one attached hydrogen (secondary N) is 2. The predicted octanol–water partition coefficient (Wildman–Crippen LogP) is 2.81. The normalized spacial score (nSPS) is 14.7. The third-order valence-electron chi connectivity index (χ3n) is 4.88. The first kappa shape index (κ1) is 18.1. The van der Waals surface area contributed by atoms with Crippen molar-refractivity contribution in [2.75, 3.05) is 32.1 Å². The van der Waals surface area contributed by atoms with E-state index in [9.17, 15) is 0 Å². The van der Waals surface area contributed by atoms with Crippen LogP contribution in [0.5, 0.6) is 5.75 Å². The molecule has 1 heterocycles. The first-order valence-corrected chi connectivity index (χ1v) is 9.14. The number of nitrogens with zero attached hydrogens (tertiary/aromatic N) is 2. The van der Waals surface area contributed by atoms with Crippen LogP contribution in [0.2, 0.25) is 0 Å². The Hall–Kier alpha value is -2.69. The highest BCUT2D eigenvalue weighted by atomic mass is 16.5. The van der Waals surface area contributed by atoms with Crippen LogP contribution in [0.1, 0.15) is 18.1 Å². The summed E-state index contributed by atoms with van der Waals surface area (Å²) >= 11 is 0. The number of anilines is 1. The summed E-state index contributed by atoms with van der Waals surface area (Å²) in [6.45, 7) is 4.84. The topological polar surface area (TPSA) is 48.9 Å². The van der Waals surface area contributed by atoms with Gasteiger partial charge in [-0.2, -0.15) is 0 Å². The van der Waals surface area contributed by atoms with Gasteiger partial charge < -0.3 is 20.3 Å². The van der Waals surface area contributed by atoms with Crippen molar-refractivity contribution in [1.82, 2.24) is 10.6 Å². The lowest BCUT2D eigenvalue weighted by atomic mass is 10.2. The highest BCUT2D eigenvalue weighted by molar-refractivity contribution is 5.79. The molecule has 0 amide bonds. The van der Waals surface area contributed by atoms with Gasteiger partial charge in [0.25, 0.3) is 0 Å². The molecule has 1 aliphatic heterocycles. The monoisotopic (exact) mass is 352 g/mol. The van der Waals surface area contributed by atoms with Crippen molar-refractivity contribution >= 4 is 11.6 Å². The molecule has 0 spiro atoms. The molecule has 3 rings (SSSR count). The van der Waals surface area contributed by atoms with Crippen LogP contribution in [-0.2, 0) is 13.0 Å². The van der Waals surface area contributed by atoms with Crippen molar-refractivity contribution in [2.45, 2.75) is 25.9 Å². The van der Waals surface area contributed by atoms with Gasteiger partial charge in [0, 0.05) is 44.0 Å². The Labute approximate surface area is 156 Å². The van der Waals surface area contributed by atoms with Gasteiger partial charge in [-0.15, -0.1) is 0 Å². The number of para-hydroxylation sites is 2. The molecule has 1 atom stereocenters. The molecule has 5 nitrogen and oxygen atoms in total. The van der Waals surface area contributed by atoms with Gasteiger partial charge in [-0.1, -0.05) is 36.4 Å². The number of aliphatic imine (C=N–C) groups is 1. The van der Waals surface area contributed by atoms with Crippen molar-refractivity contribution in [3.8, 4) is 5.75 Å². The second-order valence-electron chi connectivity index (χ2n) is 6.54. The van der Waals surface area contributed by atoms with Crippen molar-refractivity contribution in [3.63, 3.8) is 0 Å². The van der Waals surface area contributed by atoms with Crippen LogP contribution in [-0.4, -0.2) is 39.2 Å². The van der Waals surface area contributed by atoms with Crippen LogP contribution < -0.4 is 20.3 Å². The Balaban J connectivity index is 1.53. The number of hydrogen-bond acceptors (Lipinski definition) is 3. The summed E-state index contributed by atoms with van der Waals surface area (Å²) in [5.41, 5.74) is 3.91. The molecule has 2 aromatic carbocycles. The first-order valence-electron chi connectivity index (χ1n) is 9.14. The Bertz CT molecular complexity index is 759. The molecule has 0 bridgehead atoms. The van der Waals surface area contributed by atoms with Gasteiger partial charge in [0.1, 0.15) is 5.75 Å². The second kappa shape index (κ2) is 8.61. The molecule has 0 saturated heterocycles. The van der Waals surface area contributed by atoms with Crippen molar-refractivity contribution in [1.29, 1.82) is 0 Å². The van der Waals surface area contributed by atoms with Gasteiger partial charge in [0.2, 0.25) is 0 Å². The van der Waals surface area contributed by atoms with Crippen LogP contribution in [0.4, 0.5) is 5.69 Å². The molecule has 26 heavy (non-hydrogen) atoms. The van der Waals surface area contributed by atoms with Crippen molar-refractivity contribution in [3.05, 3.63) is 59.7 Å². The molecule has 0 fully saturated rings. The summed E-state index contributed by atoms with van der Waals surface area (Å²) < 4.78 is 5.40. The molecule has 2 N–H and O–H groups in total.